The highest BCUT2D eigenvalue weighted by Crippen LogP contribution is 2.33. The number of nitrogens with zero attached hydrogens (tertiary/aromatic N) is 1. The summed E-state index contributed by atoms with van der Waals surface area (Å²) in [5.41, 5.74) is 1.80. The van der Waals surface area contributed by atoms with Crippen molar-refractivity contribution in [1.82, 2.24) is 0 Å². The molecule has 2 aromatic carbocycles. The molecular formula is C22H20Cl2N2O5. The van der Waals surface area contributed by atoms with Crippen LogP contribution in [-0.2, 0) is 6.61 Å². The number of hydrogen-bond acceptors (Lipinski definition) is 5. The largest absolute Gasteiger partial charge is 0.485 e. The van der Waals surface area contributed by atoms with Crippen molar-refractivity contribution in [3.05, 3.63) is 85.3 Å². The lowest BCUT2D eigenvalue weighted by molar-refractivity contribution is -0.384. The third-order valence-corrected chi connectivity index (χ3v) is 5.31. The molecule has 0 saturated carbocycles. The molecule has 0 aliphatic heterocycles. The van der Waals surface area contributed by atoms with Crippen molar-refractivity contribution in [2.24, 2.45) is 0 Å². The smallest absolute Gasteiger partial charge is 0.291 e. The fourth-order valence-electron chi connectivity index (χ4n) is 2.88. The normalized spacial score (nSPS) is 10.9. The molecule has 1 N–H and O–H groups in total. The average Bonchev–Trinajstić information content (AvgIpc) is 3.19. The number of amides is 1. The number of halogens is 2. The SMILES string of the molecule is Cc1cc(OCc2ccc(C(=O)Nc3cc([N+](=O)[O-])ccc3Cl)o2)c(C(C)C)cc1Cl. The number of rotatable bonds is 7. The number of benzene rings is 2. The van der Waals surface area contributed by atoms with Crippen molar-refractivity contribution in [2.75, 3.05) is 5.32 Å². The van der Waals surface area contributed by atoms with Gasteiger partial charge in [-0.15, -0.1) is 0 Å². The molecule has 0 radical (unpaired) electrons. The zero-order valence-electron chi connectivity index (χ0n) is 17.1. The maximum Gasteiger partial charge on any atom is 0.291 e. The van der Waals surface area contributed by atoms with Crippen molar-refractivity contribution in [1.29, 1.82) is 0 Å². The van der Waals surface area contributed by atoms with Crippen LogP contribution in [0.5, 0.6) is 5.75 Å². The van der Waals surface area contributed by atoms with E-state index in [0.29, 0.717) is 16.5 Å². The molecular weight excluding hydrogens is 443 g/mol. The van der Waals surface area contributed by atoms with E-state index >= 15 is 0 Å². The van der Waals surface area contributed by atoms with Gasteiger partial charge < -0.3 is 14.5 Å². The summed E-state index contributed by atoms with van der Waals surface area (Å²) in [6.45, 7) is 6.10. The van der Waals surface area contributed by atoms with Gasteiger partial charge in [0.15, 0.2) is 5.76 Å². The van der Waals surface area contributed by atoms with Crippen molar-refractivity contribution in [2.45, 2.75) is 33.3 Å². The third-order valence-electron chi connectivity index (χ3n) is 4.58. The van der Waals surface area contributed by atoms with Gasteiger partial charge in [-0.25, -0.2) is 0 Å². The molecule has 3 rings (SSSR count). The molecule has 0 aliphatic rings. The van der Waals surface area contributed by atoms with Gasteiger partial charge in [0.25, 0.3) is 11.6 Å². The summed E-state index contributed by atoms with van der Waals surface area (Å²) in [5, 5.41) is 14.3. The summed E-state index contributed by atoms with van der Waals surface area (Å²) < 4.78 is 11.5. The van der Waals surface area contributed by atoms with Crippen molar-refractivity contribution in [3.8, 4) is 5.75 Å². The number of furan rings is 1. The van der Waals surface area contributed by atoms with Crippen LogP contribution in [0.4, 0.5) is 11.4 Å². The standard InChI is InChI=1S/C22H20Cl2N2O5/c1-12(2)16-10-18(24)13(3)8-21(16)30-11-15-5-7-20(31-15)22(27)25-19-9-14(26(28)29)4-6-17(19)23/h4-10,12H,11H2,1-3H3,(H,25,27). The summed E-state index contributed by atoms with van der Waals surface area (Å²) in [6, 6.07) is 10.7. The number of anilines is 1. The molecule has 7 nitrogen and oxygen atoms in total. The zero-order valence-corrected chi connectivity index (χ0v) is 18.6. The molecule has 0 atom stereocenters. The lowest BCUT2D eigenvalue weighted by Crippen LogP contribution is -2.11. The Morgan fingerprint density at radius 3 is 2.58 bits per heavy atom. The zero-order chi connectivity index (χ0) is 22.7. The summed E-state index contributed by atoms with van der Waals surface area (Å²) >= 11 is 12.2. The van der Waals surface area contributed by atoms with Crippen LogP contribution in [0.3, 0.4) is 0 Å². The van der Waals surface area contributed by atoms with Gasteiger partial charge in [-0.05, 0) is 54.3 Å². The lowest BCUT2D eigenvalue weighted by Gasteiger charge is -2.15. The number of nitrogens with one attached hydrogen (secondary N) is 1. The van der Waals surface area contributed by atoms with Gasteiger partial charge in [0, 0.05) is 17.2 Å². The molecule has 0 saturated heterocycles. The number of ether oxygens (including phenoxy) is 1. The first-order chi connectivity index (χ1) is 14.7. The molecule has 1 heterocycles. The Hall–Kier alpha value is -3.03. The predicted octanol–water partition coefficient (Wildman–Crippen LogP) is 6.76. The van der Waals surface area contributed by atoms with Crippen LogP contribution < -0.4 is 10.1 Å². The third kappa shape index (κ3) is 5.37. The molecule has 0 bridgehead atoms. The predicted molar refractivity (Wildman–Crippen MR) is 119 cm³/mol. The van der Waals surface area contributed by atoms with E-state index in [-0.39, 0.29) is 34.7 Å². The number of aryl methyl sites for hydroxylation is 1. The Balaban J connectivity index is 1.71. The van der Waals surface area contributed by atoms with Crippen LogP contribution in [0, 0.1) is 17.0 Å². The van der Waals surface area contributed by atoms with Gasteiger partial charge in [-0.1, -0.05) is 37.0 Å². The van der Waals surface area contributed by atoms with E-state index in [9.17, 15) is 14.9 Å². The van der Waals surface area contributed by atoms with Gasteiger partial charge in [-0.3, -0.25) is 14.9 Å². The molecule has 1 amide bonds. The van der Waals surface area contributed by atoms with Gasteiger partial charge in [0.2, 0.25) is 0 Å². The maximum absolute atomic E-state index is 12.5. The number of non-ortho nitro benzene ring substituents is 1. The topological polar surface area (TPSA) is 94.6 Å². The molecule has 0 unspecified atom stereocenters. The average molecular weight is 463 g/mol. The highest BCUT2D eigenvalue weighted by molar-refractivity contribution is 6.34. The molecule has 1 aromatic heterocycles. The fourth-order valence-corrected chi connectivity index (χ4v) is 3.22. The summed E-state index contributed by atoms with van der Waals surface area (Å²) in [4.78, 5) is 22.8. The van der Waals surface area contributed by atoms with E-state index in [4.69, 9.17) is 32.4 Å². The number of nitro groups is 1. The molecule has 31 heavy (non-hydrogen) atoms. The van der Waals surface area contributed by atoms with Gasteiger partial charge in [0.1, 0.15) is 18.1 Å². The second-order valence-corrected chi connectivity index (χ2v) is 8.04. The van der Waals surface area contributed by atoms with E-state index in [0.717, 1.165) is 11.1 Å². The summed E-state index contributed by atoms with van der Waals surface area (Å²) in [5.74, 6) is 0.794. The maximum atomic E-state index is 12.5. The van der Waals surface area contributed by atoms with Crippen molar-refractivity contribution in [3.63, 3.8) is 0 Å². The number of carbonyl (C=O) groups is 1. The number of carbonyl (C=O) groups excluding carboxylic acids is 1. The quantitative estimate of drug-likeness (QED) is 0.309. The molecule has 0 aliphatic carbocycles. The summed E-state index contributed by atoms with van der Waals surface area (Å²) in [7, 11) is 0. The first kappa shape index (κ1) is 22.7. The second kappa shape index (κ2) is 9.41. The van der Waals surface area contributed by atoms with Crippen molar-refractivity contribution >= 4 is 40.5 Å². The minimum atomic E-state index is -0.584. The minimum Gasteiger partial charge on any atom is -0.485 e. The van der Waals surface area contributed by atoms with Crippen LogP contribution >= 0.6 is 23.2 Å². The fraction of sp³-hybridized carbons (Fsp3) is 0.227. The minimum absolute atomic E-state index is 0.0255. The molecule has 0 spiro atoms. The summed E-state index contributed by atoms with van der Waals surface area (Å²) in [6.07, 6.45) is 0. The van der Waals surface area contributed by atoms with Crippen LogP contribution in [0.1, 0.15) is 47.2 Å². The monoisotopic (exact) mass is 462 g/mol. The Labute approximate surface area is 189 Å². The molecule has 162 valence electrons. The van der Waals surface area contributed by atoms with Crippen LogP contribution in [-0.4, -0.2) is 10.8 Å². The number of hydrogen-bond donors (Lipinski definition) is 1. The van der Waals surface area contributed by atoms with E-state index < -0.39 is 10.8 Å². The number of nitro benzene ring substituents is 1. The van der Waals surface area contributed by atoms with Gasteiger partial charge in [0.05, 0.1) is 15.6 Å². The molecule has 0 fully saturated rings. The van der Waals surface area contributed by atoms with Crippen LogP contribution in [0.25, 0.3) is 0 Å². The highest BCUT2D eigenvalue weighted by atomic mass is 35.5. The van der Waals surface area contributed by atoms with E-state index in [2.05, 4.69) is 5.32 Å². The Morgan fingerprint density at radius 1 is 1.16 bits per heavy atom. The van der Waals surface area contributed by atoms with Crippen LogP contribution in [0.15, 0.2) is 46.9 Å². The Morgan fingerprint density at radius 2 is 1.90 bits per heavy atom. The van der Waals surface area contributed by atoms with E-state index in [1.54, 1.807) is 6.07 Å². The molecule has 9 heteroatoms. The van der Waals surface area contributed by atoms with E-state index in [1.165, 1.54) is 24.3 Å². The first-order valence-corrected chi connectivity index (χ1v) is 10.2. The second-order valence-electron chi connectivity index (χ2n) is 7.22. The Bertz CT molecular complexity index is 1140. The molecule has 3 aromatic rings. The van der Waals surface area contributed by atoms with Crippen molar-refractivity contribution < 1.29 is 18.9 Å². The van der Waals surface area contributed by atoms with Gasteiger partial charge >= 0.3 is 0 Å². The van der Waals surface area contributed by atoms with Gasteiger partial charge in [-0.2, -0.15) is 0 Å². The van der Waals surface area contributed by atoms with Crippen LogP contribution in [0.2, 0.25) is 10.0 Å². The highest BCUT2D eigenvalue weighted by Gasteiger charge is 2.17. The Kier molecular flexibility index (Phi) is 6.87. The lowest BCUT2D eigenvalue weighted by atomic mass is 10.0. The van der Waals surface area contributed by atoms with E-state index in [1.807, 2.05) is 32.9 Å². The first-order valence-electron chi connectivity index (χ1n) is 9.42.